The molecule has 5 heteroatoms. The Labute approximate surface area is 115 Å². The number of para-hydroxylation sites is 1. The van der Waals surface area contributed by atoms with E-state index in [2.05, 4.69) is 5.16 Å². The molecule has 19 heavy (non-hydrogen) atoms. The van der Waals surface area contributed by atoms with Gasteiger partial charge in [0.1, 0.15) is 11.5 Å². The summed E-state index contributed by atoms with van der Waals surface area (Å²) in [5, 5.41) is 12.0. The third-order valence-electron chi connectivity index (χ3n) is 2.54. The van der Waals surface area contributed by atoms with Crippen LogP contribution in [-0.4, -0.2) is 17.3 Å². The fraction of sp³-hybridized carbons (Fsp3) is 0.0714. The van der Waals surface area contributed by atoms with Crippen molar-refractivity contribution in [3.63, 3.8) is 0 Å². The topological polar surface area (TPSA) is 67.8 Å². The molecule has 0 amide bonds. The molecule has 0 aliphatic heterocycles. The summed E-state index contributed by atoms with van der Waals surface area (Å²) < 4.78 is 5.79. The summed E-state index contributed by atoms with van der Waals surface area (Å²) in [6.45, 7) is 0. The van der Waals surface area contributed by atoms with Crippen LogP contribution >= 0.6 is 11.8 Å². The van der Waals surface area contributed by atoms with Gasteiger partial charge in [0.15, 0.2) is 5.84 Å². The lowest BCUT2D eigenvalue weighted by Crippen LogP contribution is -2.15. The number of benzene rings is 2. The Bertz CT molecular complexity index is 585. The molecule has 98 valence electrons. The number of amidine groups is 1. The van der Waals surface area contributed by atoms with Gasteiger partial charge >= 0.3 is 0 Å². The zero-order chi connectivity index (χ0) is 13.7. The van der Waals surface area contributed by atoms with E-state index in [-0.39, 0.29) is 5.84 Å². The third kappa shape index (κ3) is 3.00. The van der Waals surface area contributed by atoms with E-state index in [4.69, 9.17) is 15.7 Å². The molecular formula is C14H14N2O2S. The van der Waals surface area contributed by atoms with Gasteiger partial charge < -0.3 is 15.7 Å². The summed E-state index contributed by atoms with van der Waals surface area (Å²) in [5.41, 5.74) is 6.33. The summed E-state index contributed by atoms with van der Waals surface area (Å²) in [6.07, 6.45) is 1.93. The average molecular weight is 274 g/mol. The molecule has 0 radical (unpaired) electrons. The highest BCUT2D eigenvalue weighted by molar-refractivity contribution is 7.98. The monoisotopic (exact) mass is 274 g/mol. The minimum absolute atomic E-state index is 0.0379. The number of hydrogen-bond acceptors (Lipinski definition) is 4. The van der Waals surface area contributed by atoms with Gasteiger partial charge in [-0.15, -0.1) is 11.8 Å². The van der Waals surface area contributed by atoms with E-state index in [1.165, 1.54) is 11.8 Å². The first-order valence-electron chi connectivity index (χ1n) is 5.64. The Morgan fingerprint density at radius 3 is 2.53 bits per heavy atom. The molecule has 3 N–H and O–H groups in total. The maximum absolute atomic E-state index is 8.90. The SMILES string of the molecule is CSc1cccc(Oc2ccccc2)c1/C(N)=N/O. The highest BCUT2D eigenvalue weighted by Gasteiger charge is 2.14. The zero-order valence-electron chi connectivity index (χ0n) is 10.4. The van der Waals surface area contributed by atoms with Gasteiger partial charge in [0.2, 0.25) is 0 Å². The van der Waals surface area contributed by atoms with Crippen molar-refractivity contribution >= 4 is 17.6 Å². The number of hydrogen-bond donors (Lipinski definition) is 2. The van der Waals surface area contributed by atoms with Crippen LogP contribution in [0.2, 0.25) is 0 Å². The van der Waals surface area contributed by atoms with Gasteiger partial charge in [-0.25, -0.2) is 0 Å². The van der Waals surface area contributed by atoms with E-state index < -0.39 is 0 Å². The zero-order valence-corrected chi connectivity index (χ0v) is 11.2. The fourth-order valence-corrected chi connectivity index (χ4v) is 2.31. The third-order valence-corrected chi connectivity index (χ3v) is 3.32. The Kier molecular flexibility index (Phi) is 4.30. The molecule has 0 saturated heterocycles. The minimum atomic E-state index is 0.0379. The van der Waals surface area contributed by atoms with Gasteiger partial charge in [0, 0.05) is 4.90 Å². The van der Waals surface area contributed by atoms with Crippen molar-refractivity contribution in [1.29, 1.82) is 0 Å². The lowest BCUT2D eigenvalue weighted by Gasteiger charge is -2.13. The first kappa shape index (κ1) is 13.3. The van der Waals surface area contributed by atoms with Crippen LogP contribution in [0.15, 0.2) is 58.6 Å². The molecule has 2 aromatic carbocycles. The van der Waals surface area contributed by atoms with Crippen LogP contribution < -0.4 is 10.5 Å². The largest absolute Gasteiger partial charge is 0.457 e. The predicted octanol–water partition coefficient (Wildman–Crippen LogP) is 3.30. The number of thioether (sulfide) groups is 1. The smallest absolute Gasteiger partial charge is 0.175 e. The molecule has 4 nitrogen and oxygen atoms in total. The summed E-state index contributed by atoms with van der Waals surface area (Å²) >= 11 is 1.51. The van der Waals surface area contributed by atoms with Crippen molar-refractivity contribution in [2.75, 3.05) is 6.26 Å². The van der Waals surface area contributed by atoms with Crippen molar-refractivity contribution in [3.8, 4) is 11.5 Å². The highest BCUT2D eigenvalue weighted by Crippen LogP contribution is 2.31. The Hall–Kier alpha value is -2.14. The number of nitrogens with two attached hydrogens (primary N) is 1. The maximum Gasteiger partial charge on any atom is 0.175 e. The van der Waals surface area contributed by atoms with Crippen LogP contribution in [-0.2, 0) is 0 Å². The van der Waals surface area contributed by atoms with Gasteiger partial charge in [-0.05, 0) is 30.5 Å². The Morgan fingerprint density at radius 2 is 1.89 bits per heavy atom. The van der Waals surface area contributed by atoms with Crippen molar-refractivity contribution in [1.82, 2.24) is 0 Å². The standard InChI is InChI=1S/C14H14N2O2S/c1-19-12-9-5-8-11(13(12)14(15)16-17)18-10-6-3-2-4-7-10/h2-9,17H,1H3,(H2,15,16). The normalized spacial score (nSPS) is 11.3. The fourth-order valence-electron chi connectivity index (χ4n) is 1.68. The van der Waals surface area contributed by atoms with E-state index in [0.717, 1.165) is 4.90 Å². The van der Waals surface area contributed by atoms with Gasteiger partial charge in [-0.1, -0.05) is 29.4 Å². The van der Waals surface area contributed by atoms with Crippen molar-refractivity contribution in [3.05, 3.63) is 54.1 Å². The highest BCUT2D eigenvalue weighted by atomic mass is 32.2. The van der Waals surface area contributed by atoms with Crippen molar-refractivity contribution in [2.24, 2.45) is 10.9 Å². The molecule has 0 bridgehead atoms. The molecule has 2 rings (SSSR count). The molecule has 0 aromatic heterocycles. The van der Waals surface area contributed by atoms with Crippen molar-refractivity contribution < 1.29 is 9.94 Å². The molecule has 0 heterocycles. The second-order valence-electron chi connectivity index (χ2n) is 3.73. The molecule has 0 unspecified atom stereocenters. The second kappa shape index (κ2) is 6.15. The van der Waals surface area contributed by atoms with Crippen LogP contribution in [0, 0.1) is 0 Å². The number of ether oxygens (including phenoxy) is 1. The molecule has 2 aromatic rings. The summed E-state index contributed by atoms with van der Waals surface area (Å²) in [4.78, 5) is 0.892. The molecule has 0 aliphatic carbocycles. The number of rotatable bonds is 4. The Balaban J connectivity index is 2.45. The molecular weight excluding hydrogens is 260 g/mol. The maximum atomic E-state index is 8.90. The van der Waals surface area contributed by atoms with E-state index in [1.54, 1.807) is 6.07 Å². The summed E-state index contributed by atoms with van der Waals surface area (Å²) in [5.74, 6) is 1.30. The molecule has 0 fully saturated rings. The quantitative estimate of drug-likeness (QED) is 0.295. The predicted molar refractivity (Wildman–Crippen MR) is 77.2 cm³/mol. The molecule has 0 spiro atoms. The van der Waals surface area contributed by atoms with Crippen LogP contribution in [0.3, 0.4) is 0 Å². The van der Waals surface area contributed by atoms with E-state index in [1.807, 2.05) is 48.7 Å². The second-order valence-corrected chi connectivity index (χ2v) is 4.58. The van der Waals surface area contributed by atoms with Gasteiger partial charge in [0.25, 0.3) is 0 Å². The van der Waals surface area contributed by atoms with E-state index in [0.29, 0.717) is 17.1 Å². The minimum Gasteiger partial charge on any atom is -0.457 e. The molecule has 0 atom stereocenters. The lowest BCUT2D eigenvalue weighted by atomic mass is 10.2. The first-order valence-corrected chi connectivity index (χ1v) is 6.86. The van der Waals surface area contributed by atoms with Crippen molar-refractivity contribution in [2.45, 2.75) is 4.90 Å². The van der Waals surface area contributed by atoms with Crippen LogP contribution in [0.1, 0.15) is 5.56 Å². The van der Waals surface area contributed by atoms with Gasteiger partial charge in [0.05, 0.1) is 5.56 Å². The average Bonchev–Trinajstić information content (AvgIpc) is 2.47. The van der Waals surface area contributed by atoms with Crippen LogP contribution in [0.5, 0.6) is 11.5 Å². The Morgan fingerprint density at radius 1 is 1.16 bits per heavy atom. The lowest BCUT2D eigenvalue weighted by molar-refractivity contribution is 0.318. The summed E-state index contributed by atoms with van der Waals surface area (Å²) in [6, 6.07) is 14.9. The van der Waals surface area contributed by atoms with E-state index in [9.17, 15) is 0 Å². The van der Waals surface area contributed by atoms with Crippen LogP contribution in [0.25, 0.3) is 0 Å². The first-order chi connectivity index (χ1) is 9.26. The molecule has 0 saturated carbocycles. The van der Waals surface area contributed by atoms with E-state index >= 15 is 0 Å². The summed E-state index contributed by atoms with van der Waals surface area (Å²) in [7, 11) is 0. The van der Waals surface area contributed by atoms with Gasteiger partial charge in [-0.3, -0.25) is 0 Å². The number of oxime groups is 1. The van der Waals surface area contributed by atoms with Gasteiger partial charge in [-0.2, -0.15) is 0 Å². The molecule has 0 aliphatic rings. The number of nitrogens with zero attached hydrogens (tertiary/aromatic N) is 1. The van der Waals surface area contributed by atoms with Crippen LogP contribution in [0.4, 0.5) is 0 Å².